The largest absolute Gasteiger partial charge is 0.383 e. The third kappa shape index (κ3) is 5.42. The first kappa shape index (κ1) is 17.7. The number of carbonyl (C=O) groups is 1. The highest BCUT2D eigenvalue weighted by atomic mass is 35.5. The Bertz CT molecular complexity index is 702. The number of nitrogens with zero attached hydrogens (tertiary/aromatic N) is 2. The van der Waals surface area contributed by atoms with Crippen molar-refractivity contribution in [2.45, 2.75) is 0 Å². The second-order valence-electron chi connectivity index (χ2n) is 5.78. The average molecular weight is 361 g/mol. The van der Waals surface area contributed by atoms with E-state index in [1.54, 1.807) is 36.5 Å². The van der Waals surface area contributed by atoms with E-state index in [4.69, 9.17) is 16.3 Å². The monoisotopic (exact) mass is 360 g/mol. The molecule has 1 aliphatic rings. The van der Waals surface area contributed by atoms with Crippen molar-refractivity contribution < 1.29 is 9.53 Å². The first-order valence-electron chi connectivity index (χ1n) is 8.28. The lowest BCUT2D eigenvalue weighted by molar-refractivity contribution is 0.0398. The fourth-order valence-corrected chi connectivity index (χ4v) is 2.77. The zero-order valence-corrected chi connectivity index (χ0v) is 14.6. The molecule has 0 atom stereocenters. The van der Waals surface area contributed by atoms with Crippen molar-refractivity contribution in [2.24, 2.45) is 0 Å². The zero-order valence-electron chi connectivity index (χ0n) is 13.9. The Kier molecular flexibility index (Phi) is 6.22. The van der Waals surface area contributed by atoms with E-state index >= 15 is 0 Å². The van der Waals surface area contributed by atoms with Gasteiger partial charge in [-0.1, -0.05) is 17.7 Å². The van der Waals surface area contributed by atoms with Crippen LogP contribution in [-0.4, -0.2) is 55.2 Å². The van der Waals surface area contributed by atoms with Gasteiger partial charge in [-0.05, 0) is 30.3 Å². The van der Waals surface area contributed by atoms with Crippen LogP contribution in [0.5, 0.6) is 0 Å². The number of hydrogen-bond acceptors (Lipinski definition) is 5. The summed E-state index contributed by atoms with van der Waals surface area (Å²) in [6.45, 7) is 5.34. The van der Waals surface area contributed by atoms with E-state index in [0.717, 1.165) is 45.1 Å². The Morgan fingerprint density at radius 1 is 1.20 bits per heavy atom. The molecular weight excluding hydrogens is 340 g/mol. The lowest BCUT2D eigenvalue weighted by Gasteiger charge is -2.26. The predicted octanol–water partition coefficient (Wildman–Crippen LogP) is 2.73. The van der Waals surface area contributed by atoms with Gasteiger partial charge < -0.3 is 15.4 Å². The van der Waals surface area contributed by atoms with Gasteiger partial charge in [-0.2, -0.15) is 0 Å². The molecule has 3 rings (SSSR count). The molecule has 0 spiro atoms. The Hall–Kier alpha value is -2.15. The molecule has 2 heterocycles. The minimum Gasteiger partial charge on any atom is -0.383 e. The smallest absolute Gasteiger partial charge is 0.274 e. The molecular formula is C18H21ClN4O2. The van der Waals surface area contributed by atoms with E-state index < -0.39 is 0 Å². The third-order valence-corrected chi connectivity index (χ3v) is 4.17. The summed E-state index contributed by atoms with van der Waals surface area (Å²) in [5.41, 5.74) is 1.90. The number of rotatable bonds is 6. The maximum absolute atomic E-state index is 12.2. The summed E-state index contributed by atoms with van der Waals surface area (Å²) in [4.78, 5) is 18.8. The van der Waals surface area contributed by atoms with E-state index in [-0.39, 0.29) is 5.91 Å². The van der Waals surface area contributed by atoms with Crippen LogP contribution in [0.25, 0.3) is 0 Å². The number of aromatic nitrogens is 1. The van der Waals surface area contributed by atoms with Gasteiger partial charge in [0.1, 0.15) is 5.69 Å². The molecule has 132 valence electrons. The van der Waals surface area contributed by atoms with Crippen LogP contribution in [0, 0.1) is 0 Å². The minimum absolute atomic E-state index is 0.262. The van der Waals surface area contributed by atoms with Gasteiger partial charge in [-0.3, -0.25) is 9.69 Å². The lowest BCUT2D eigenvalue weighted by Crippen LogP contribution is -2.39. The van der Waals surface area contributed by atoms with Crippen LogP contribution in [0.4, 0.5) is 11.4 Å². The topological polar surface area (TPSA) is 66.5 Å². The van der Waals surface area contributed by atoms with Crippen LogP contribution in [0.3, 0.4) is 0 Å². The van der Waals surface area contributed by atoms with E-state index in [1.165, 1.54) is 0 Å². The number of carbonyl (C=O) groups excluding carboxylic acids is 1. The summed E-state index contributed by atoms with van der Waals surface area (Å²) in [6, 6.07) is 10.6. The van der Waals surface area contributed by atoms with Gasteiger partial charge in [-0.15, -0.1) is 0 Å². The second kappa shape index (κ2) is 8.80. The molecule has 1 saturated heterocycles. The molecule has 1 fully saturated rings. The van der Waals surface area contributed by atoms with E-state index in [2.05, 4.69) is 20.5 Å². The molecule has 1 aromatic heterocycles. The average Bonchev–Trinajstić information content (AvgIpc) is 2.63. The molecule has 0 bridgehead atoms. The molecule has 2 N–H and O–H groups in total. The third-order valence-electron chi connectivity index (χ3n) is 3.94. The number of halogens is 1. The number of pyridine rings is 1. The molecule has 7 heteroatoms. The lowest BCUT2D eigenvalue weighted by atomic mass is 10.3. The quantitative estimate of drug-likeness (QED) is 0.829. The number of anilines is 2. The Morgan fingerprint density at radius 2 is 2.04 bits per heavy atom. The van der Waals surface area contributed by atoms with E-state index in [1.807, 2.05) is 6.07 Å². The molecule has 0 radical (unpaired) electrons. The van der Waals surface area contributed by atoms with Crippen molar-refractivity contribution in [1.82, 2.24) is 9.88 Å². The van der Waals surface area contributed by atoms with Crippen molar-refractivity contribution in [3.63, 3.8) is 0 Å². The summed E-state index contributed by atoms with van der Waals surface area (Å²) < 4.78 is 5.33. The molecule has 25 heavy (non-hydrogen) atoms. The molecule has 0 saturated carbocycles. The molecule has 0 aliphatic carbocycles. The van der Waals surface area contributed by atoms with Gasteiger partial charge in [0.15, 0.2) is 0 Å². The van der Waals surface area contributed by atoms with Crippen molar-refractivity contribution in [2.75, 3.05) is 50.0 Å². The highest BCUT2D eigenvalue weighted by molar-refractivity contribution is 6.30. The van der Waals surface area contributed by atoms with E-state index in [9.17, 15) is 4.79 Å². The fraction of sp³-hybridized carbons (Fsp3) is 0.333. The van der Waals surface area contributed by atoms with Crippen LogP contribution in [-0.2, 0) is 4.74 Å². The predicted molar refractivity (Wildman–Crippen MR) is 99.4 cm³/mol. The van der Waals surface area contributed by atoms with Gasteiger partial charge in [0.2, 0.25) is 0 Å². The first-order chi connectivity index (χ1) is 12.2. The summed E-state index contributed by atoms with van der Waals surface area (Å²) >= 11 is 5.91. The van der Waals surface area contributed by atoms with Crippen molar-refractivity contribution in [1.29, 1.82) is 0 Å². The first-order valence-corrected chi connectivity index (χ1v) is 8.65. The minimum atomic E-state index is -0.262. The Morgan fingerprint density at radius 3 is 2.76 bits per heavy atom. The van der Waals surface area contributed by atoms with Crippen molar-refractivity contribution >= 4 is 28.9 Å². The highest BCUT2D eigenvalue weighted by Crippen LogP contribution is 2.16. The van der Waals surface area contributed by atoms with Gasteiger partial charge in [0.05, 0.1) is 25.1 Å². The molecule has 6 nitrogen and oxygen atoms in total. The van der Waals surface area contributed by atoms with Crippen molar-refractivity contribution in [3.05, 3.63) is 53.3 Å². The van der Waals surface area contributed by atoms with Crippen LogP contribution < -0.4 is 10.6 Å². The van der Waals surface area contributed by atoms with Gasteiger partial charge >= 0.3 is 0 Å². The zero-order chi connectivity index (χ0) is 17.5. The van der Waals surface area contributed by atoms with Crippen LogP contribution in [0.1, 0.15) is 10.5 Å². The summed E-state index contributed by atoms with van der Waals surface area (Å²) in [5.74, 6) is -0.262. The normalized spacial score (nSPS) is 14.9. The number of morpholine rings is 1. The molecule has 1 aromatic carbocycles. The number of benzene rings is 1. The van der Waals surface area contributed by atoms with Crippen LogP contribution >= 0.6 is 11.6 Å². The standard InChI is InChI=1S/C18H21ClN4O2/c19-14-2-1-3-15(12-14)22-18(24)17-5-4-16(13-21-17)20-6-7-23-8-10-25-11-9-23/h1-5,12-13,20H,6-11H2,(H,22,24). The molecule has 0 unspecified atom stereocenters. The molecule has 2 aromatic rings. The number of ether oxygens (including phenoxy) is 1. The Labute approximate surface area is 152 Å². The maximum Gasteiger partial charge on any atom is 0.274 e. The van der Waals surface area contributed by atoms with Crippen LogP contribution in [0.15, 0.2) is 42.6 Å². The number of hydrogen-bond donors (Lipinski definition) is 2. The Balaban J connectivity index is 1.48. The van der Waals surface area contributed by atoms with Gasteiger partial charge in [0, 0.05) is 36.9 Å². The van der Waals surface area contributed by atoms with E-state index in [0.29, 0.717) is 16.4 Å². The van der Waals surface area contributed by atoms with Crippen LogP contribution in [0.2, 0.25) is 5.02 Å². The van der Waals surface area contributed by atoms with Gasteiger partial charge in [-0.25, -0.2) is 4.98 Å². The second-order valence-corrected chi connectivity index (χ2v) is 6.21. The molecule has 1 aliphatic heterocycles. The SMILES string of the molecule is O=C(Nc1cccc(Cl)c1)c1ccc(NCCN2CCOCC2)cn1. The van der Waals surface area contributed by atoms with Gasteiger partial charge in [0.25, 0.3) is 5.91 Å². The molecule has 1 amide bonds. The highest BCUT2D eigenvalue weighted by Gasteiger charge is 2.10. The fourth-order valence-electron chi connectivity index (χ4n) is 2.58. The summed E-state index contributed by atoms with van der Waals surface area (Å²) in [5, 5.41) is 6.68. The number of amides is 1. The van der Waals surface area contributed by atoms with Crippen molar-refractivity contribution in [3.8, 4) is 0 Å². The summed E-state index contributed by atoms with van der Waals surface area (Å²) in [7, 11) is 0. The number of nitrogens with one attached hydrogen (secondary N) is 2. The maximum atomic E-state index is 12.2. The summed E-state index contributed by atoms with van der Waals surface area (Å²) in [6.07, 6.45) is 1.67.